The molecule has 23 nitrogen and oxygen atoms in total. The molecule has 9 N–H and O–H groups in total. The predicted octanol–water partition coefficient (Wildman–Crippen LogP) is 7.68. The van der Waals surface area contributed by atoms with Crippen LogP contribution in [0.25, 0.3) is 67.3 Å². The number of aromatic nitrogens is 12. The van der Waals surface area contributed by atoms with E-state index in [4.69, 9.17) is 0 Å². The van der Waals surface area contributed by atoms with Gasteiger partial charge in [-0.2, -0.15) is 39.5 Å². The van der Waals surface area contributed by atoms with Crippen molar-refractivity contribution in [1.82, 2.24) is 75.8 Å². The van der Waals surface area contributed by atoms with Crippen LogP contribution in [0.4, 0.5) is 61.4 Å². The number of hydrogen-bond donors (Lipinski definition) is 9. The van der Waals surface area contributed by atoms with E-state index in [1.165, 1.54) is 17.3 Å². The molecule has 0 unspecified atom stereocenters. The predicted molar refractivity (Wildman–Crippen MR) is 305 cm³/mol. The van der Waals surface area contributed by atoms with E-state index in [0.29, 0.717) is 56.7 Å². The number of aliphatic hydroxyl groups is 2. The summed E-state index contributed by atoms with van der Waals surface area (Å²) in [6.07, 6.45) is -1.72. The van der Waals surface area contributed by atoms with Gasteiger partial charge in [-0.1, -0.05) is 13.8 Å². The summed E-state index contributed by atoms with van der Waals surface area (Å²) in [5, 5.41) is 30.9. The number of pyridine rings is 3. The lowest BCUT2D eigenvalue weighted by Crippen LogP contribution is -2.55. The molecule has 5 atom stereocenters. The smallest absolute Gasteiger partial charge is 0.391 e. The first-order valence-corrected chi connectivity index (χ1v) is 26.8. The molecule has 2 saturated heterocycles. The highest BCUT2D eigenvalue weighted by atomic mass is 19.4. The van der Waals surface area contributed by atoms with Crippen LogP contribution in [0.3, 0.4) is 0 Å². The van der Waals surface area contributed by atoms with Crippen LogP contribution in [-0.2, 0) is 14.4 Å². The van der Waals surface area contributed by atoms with Gasteiger partial charge in [-0.3, -0.25) is 14.4 Å². The molecule has 2 aliphatic heterocycles. The monoisotopic (exact) mass is 1240 g/mol. The number of nitrogens with zero attached hydrogens (tertiary/aromatic N) is 11. The van der Waals surface area contributed by atoms with Crippen molar-refractivity contribution in [2.45, 2.75) is 82.0 Å². The Morgan fingerprint density at radius 2 is 1.02 bits per heavy atom. The lowest BCUT2D eigenvalue weighted by molar-refractivity contribution is -0.141. The van der Waals surface area contributed by atoms with E-state index >= 15 is 0 Å². The molecule has 2 fully saturated rings. The number of carbonyl (C=O) groups excluding carboxylic acids is 3. The minimum atomic E-state index is -4.59. The summed E-state index contributed by atoms with van der Waals surface area (Å²) in [5.41, 5.74) is 2.58. The fourth-order valence-electron chi connectivity index (χ4n) is 9.62. The Kier molecular flexibility index (Phi) is 18.4. The lowest BCUT2D eigenvalue weighted by atomic mass is 9.87. The van der Waals surface area contributed by atoms with Crippen LogP contribution >= 0.6 is 0 Å². The number of aliphatic hydroxyl groups excluding tert-OH is 2. The summed E-state index contributed by atoms with van der Waals surface area (Å²) in [5.74, 6) is -2.41. The van der Waals surface area contributed by atoms with Gasteiger partial charge in [-0.25, -0.2) is 49.2 Å². The number of aromatic amines is 3. The fraction of sp³-hybridized carbons (Fsp3) is 0.345. The molecule has 0 bridgehead atoms. The Bertz CT molecular complexity index is 3950. The van der Waals surface area contributed by atoms with Crippen molar-refractivity contribution in [3.8, 4) is 34.2 Å². The number of anilines is 3. The molecule has 88 heavy (non-hydrogen) atoms. The van der Waals surface area contributed by atoms with Crippen molar-refractivity contribution in [1.29, 1.82) is 0 Å². The van der Waals surface area contributed by atoms with Gasteiger partial charge in [-0.15, -0.1) is 0 Å². The second-order valence-electron chi connectivity index (χ2n) is 20.7. The van der Waals surface area contributed by atoms with Gasteiger partial charge in [0.05, 0.1) is 18.4 Å². The first-order chi connectivity index (χ1) is 41.6. The number of amides is 3. The average molecular weight is 1240 g/mol. The molecule has 11 rings (SSSR count). The van der Waals surface area contributed by atoms with E-state index in [9.17, 15) is 68.5 Å². The highest BCUT2D eigenvalue weighted by molar-refractivity contribution is 5.94. The summed E-state index contributed by atoms with van der Waals surface area (Å²) in [6.45, 7) is 0.605. The first kappa shape index (κ1) is 62.9. The highest BCUT2D eigenvalue weighted by Gasteiger charge is 2.42. The maximum Gasteiger partial charge on any atom is 0.405 e. The minimum Gasteiger partial charge on any atom is -0.391 e. The van der Waals surface area contributed by atoms with Crippen LogP contribution in [-0.4, -0.2) is 169 Å². The minimum absolute atomic E-state index is 0. The number of halogens is 10. The molecule has 3 amide bonds. The van der Waals surface area contributed by atoms with Crippen LogP contribution in [0.5, 0.6) is 0 Å². The molecule has 0 radical (unpaired) electrons. The number of H-pyrrole nitrogens is 3. The standard InChI is InChI=1S/C19H21F3N6O.C18H16F4N6O2.C18H17F3N6O2.3H2/c1-11(2)18(3,17(29)26-10-19(20,21)22)28-14-6-8-24-16(27-14)13-9-25-15-12(13)5-4-7-23-15;19-12-6-25-15(11-5-24-14-10(11)2-1-3-23-14)27-16(12)28-7-9(29)4-13(28)17(30)26-8-18(20,21)22;19-18(20,21)9-25-17(29)13-6-10(28)8-27(13)14-3-5-23-16(26-14)12-7-24-15-11(12)2-1-4-22-15;;;/h4-9,11H,10H2,1-3H3,(H,23,25)(H,26,29)(H,24,27,28);1-3,5-6,9,13,29H,4,7-8H2,(H,23,24)(H,26,30);1-5,7,10,13,28H,6,8-9H2,(H,22,24)(H,25,29);3*1H/t18-;9-,13+;10-,13+;;;/m100.../s1. The molecule has 0 aromatic carbocycles. The molecule has 470 valence electrons. The number of fused-ring (bicyclic) bond motifs is 3. The number of alkyl halides is 9. The molecule has 33 heteroatoms. The number of rotatable bonds is 14. The molecule has 9 aromatic heterocycles. The van der Waals surface area contributed by atoms with Crippen molar-refractivity contribution < 1.29 is 72.8 Å². The number of carbonyl (C=O) groups is 3. The maximum atomic E-state index is 14.5. The average Bonchev–Trinajstić information content (AvgIpc) is 1.86. The van der Waals surface area contributed by atoms with E-state index < -0.39 is 91.5 Å². The zero-order valence-electron chi connectivity index (χ0n) is 46.5. The van der Waals surface area contributed by atoms with E-state index in [2.05, 4.69) is 65.1 Å². The third-order valence-electron chi connectivity index (χ3n) is 14.2. The fourth-order valence-corrected chi connectivity index (χ4v) is 9.62. The normalized spacial score (nSPS) is 17.7. The summed E-state index contributed by atoms with van der Waals surface area (Å²) in [7, 11) is 0. The quantitative estimate of drug-likeness (QED) is 0.0472. The van der Waals surface area contributed by atoms with Gasteiger partial charge in [0.25, 0.3) is 0 Å². The zero-order chi connectivity index (χ0) is 63.3. The van der Waals surface area contributed by atoms with Gasteiger partial charge >= 0.3 is 18.5 Å². The largest absolute Gasteiger partial charge is 0.405 e. The SMILES string of the molecule is CC(C)[C@@](C)(Nc1ccnc(-c2c[nH]c3ncccc23)n1)C(=O)NCC(F)(F)F.O=C(NCC(F)(F)F)[C@H]1C[C@H](O)CN1c1ccnc(-c2c[nH]c3ncccc23)n1.O=C(NCC(F)(F)F)[C@H]1C[C@H](O)CN1c1nc(-c2c[nH]c3ncccc23)ncc1F.[HH].[HH].[HH]. The second-order valence-corrected chi connectivity index (χ2v) is 20.7. The highest BCUT2D eigenvalue weighted by Crippen LogP contribution is 2.34. The number of nitrogens with one attached hydrogen (secondary N) is 7. The molecule has 2 aliphatic rings. The Morgan fingerprint density at radius 3 is 1.50 bits per heavy atom. The van der Waals surface area contributed by atoms with Gasteiger partial charge in [0.15, 0.2) is 29.1 Å². The molecular formula is C55H60F10N18O5. The molecule has 0 saturated carbocycles. The van der Waals surface area contributed by atoms with Crippen molar-refractivity contribution in [3.63, 3.8) is 0 Å². The Balaban J connectivity index is 0.000000214. The van der Waals surface area contributed by atoms with Crippen LogP contribution in [0.2, 0.25) is 0 Å². The number of hydrogen-bond acceptors (Lipinski definition) is 17. The molecule has 0 spiro atoms. The Labute approximate surface area is 495 Å². The van der Waals surface area contributed by atoms with Crippen molar-refractivity contribution in [2.75, 3.05) is 47.8 Å². The molecule has 0 aliphatic carbocycles. The summed E-state index contributed by atoms with van der Waals surface area (Å²) < 4.78 is 127. The first-order valence-electron chi connectivity index (χ1n) is 26.8. The van der Waals surface area contributed by atoms with Gasteiger partial charge in [0, 0.05) is 113 Å². The number of β-amino-alcohol motifs (C(OH)–C–C–N with tert-alkyl or cyclic N) is 2. The van der Waals surface area contributed by atoms with Crippen molar-refractivity contribution in [3.05, 3.63) is 110 Å². The lowest BCUT2D eigenvalue weighted by Gasteiger charge is -2.34. The van der Waals surface area contributed by atoms with Crippen molar-refractivity contribution >= 4 is 68.3 Å². The third-order valence-corrected chi connectivity index (χ3v) is 14.2. The van der Waals surface area contributed by atoms with E-state index in [0.717, 1.165) is 27.4 Å². The van der Waals surface area contributed by atoms with Gasteiger partial charge in [-0.05, 0) is 61.4 Å². The summed E-state index contributed by atoms with van der Waals surface area (Å²) in [4.78, 5) is 87.0. The second kappa shape index (κ2) is 25.7. The Hall–Kier alpha value is -9.66. The van der Waals surface area contributed by atoms with E-state index in [1.54, 1.807) is 99.7 Å². The molecule has 9 aromatic rings. The Morgan fingerprint density at radius 1 is 0.591 bits per heavy atom. The molecular weight excluding hydrogens is 1180 g/mol. The van der Waals surface area contributed by atoms with Crippen LogP contribution in [0, 0.1) is 11.7 Å². The summed E-state index contributed by atoms with van der Waals surface area (Å²) in [6, 6.07) is 11.7. The van der Waals surface area contributed by atoms with Crippen LogP contribution in [0.15, 0.2) is 104 Å². The van der Waals surface area contributed by atoms with E-state index in [1.807, 2.05) is 22.8 Å². The topological polar surface area (TPSA) is 310 Å². The molecule has 11 heterocycles. The summed E-state index contributed by atoms with van der Waals surface area (Å²) >= 11 is 0. The zero-order valence-corrected chi connectivity index (χ0v) is 46.5. The maximum absolute atomic E-state index is 14.5. The van der Waals surface area contributed by atoms with Crippen molar-refractivity contribution in [2.24, 2.45) is 5.92 Å². The van der Waals surface area contributed by atoms with Crippen LogP contribution < -0.4 is 31.1 Å². The van der Waals surface area contributed by atoms with Crippen LogP contribution in [0.1, 0.15) is 37.9 Å². The van der Waals surface area contributed by atoms with E-state index in [-0.39, 0.29) is 47.8 Å². The van der Waals surface area contributed by atoms with Gasteiger partial charge in [0.2, 0.25) is 17.7 Å². The third kappa shape index (κ3) is 14.9. The van der Waals surface area contributed by atoms with Gasteiger partial charge < -0.3 is 56.2 Å². The van der Waals surface area contributed by atoms with Gasteiger partial charge in [0.1, 0.15) is 65.8 Å².